The Balaban J connectivity index is 1.24. The van der Waals surface area contributed by atoms with Crippen molar-refractivity contribution in [1.82, 2.24) is 19.4 Å². The Morgan fingerprint density at radius 2 is 1.88 bits per heavy atom. The van der Waals surface area contributed by atoms with Crippen LogP contribution in [-0.4, -0.2) is 31.8 Å². The van der Waals surface area contributed by atoms with Crippen LogP contribution in [0.25, 0.3) is 16.6 Å². The Kier molecular flexibility index (Phi) is 3.33. The van der Waals surface area contributed by atoms with Crippen molar-refractivity contribution in [1.29, 1.82) is 10.5 Å². The number of rotatable bonds is 4. The summed E-state index contributed by atoms with van der Waals surface area (Å²) >= 11 is 0. The van der Waals surface area contributed by atoms with E-state index < -0.39 is 5.41 Å². The van der Waals surface area contributed by atoms with Crippen LogP contribution in [0, 0.1) is 45.3 Å². The fourth-order valence-electron chi connectivity index (χ4n) is 6.72. The van der Waals surface area contributed by atoms with Crippen LogP contribution in [0.2, 0.25) is 0 Å². The van der Waals surface area contributed by atoms with Gasteiger partial charge in [-0.1, -0.05) is 6.92 Å². The Labute approximate surface area is 191 Å². The minimum Gasteiger partial charge on any atom is -0.309 e. The van der Waals surface area contributed by atoms with Crippen molar-refractivity contribution in [2.24, 2.45) is 22.7 Å². The van der Waals surface area contributed by atoms with Crippen LogP contribution in [0.3, 0.4) is 0 Å². The van der Waals surface area contributed by atoms with Gasteiger partial charge < -0.3 is 4.90 Å². The van der Waals surface area contributed by atoms with Gasteiger partial charge in [-0.05, 0) is 50.2 Å². The molecule has 164 valence electrons. The van der Waals surface area contributed by atoms with E-state index in [9.17, 15) is 15.3 Å². The number of hydrogen-bond donors (Lipinski definition) is 0. The van der Waals surface area contributed by atoms with E-state index in [0.717, 1.165) is 54.4 Å². The van der Waals surface area contributed by atoms with Crippen molar-refractivity contribution < 1.29 is 4.79 Å². The lowest BCUT2D eigenvalue weighted by molar-refractivity contribution is -0.153. The molecule has 0 aromatic carbocycles. The van der Waals surface area contributed by atoms with Gasteiger partial charge in [-0.2, -0.15) is 20.7 Å². The largest absolute Gasteiger partial charge is 0.309 e. The Hall–Kier alpha value is -3.65. The zero-order valence-electron chi connectivity index (χ0n) is 18.4. The molecule has 8 heteroatoms. The summed E-state index contributed by atoms with van der Waals surface area (Å²) in [6.07, 6.45) is 12.2. The smallest absolute Gasteiger partial charge is 0.248 e. The molecule has 0 radical (unpaired) electrons. The average Bonchev–Trinajstić information content (AvgIpc) is 3.22. The molecule has 1 amide bonds. The number of hydrogen-bond acceptors (Lipinski definition) is 5. The lowest BCUT2D eigenvalue weighted by Crippen LogP contribution is -2.67. The standard InChI is InChI=1S/C25H23N7O/c1-16-8-30(22(33)25(16,15-27)19-2-3-19)20-4-5-28-31-9-17(6-21(20)31)18-7-29-32(10-18)24-11-23(12-24,13-24)14-26/h4-7,9-10,16,19H,2-3,8,11-13H2,1H3/t16-,23?,24?,25+/m1/s1. The summed E-state index contributed by atoms with van der Waals surface area (Å²) in [4.78, 5) is 15.3. The topological polar surface area (TPSA) is 103 Å². The van der Waals surface area contributed by atoms with E-state index in [-0.39, 0.29) is 28.7 Å². The number of anilines is 1. The molecule has 5 fully saturated rings. The third-order valence-electron chi connectivity index (χ3n) is 8.66. The maximum atomic E-state index is 13.5. The highest BCUT2D eigenvalue weighted by molar-refractivity contribution is 6.05. The molecule has 4 heterocycles. The molecule has 4 aliphatic carbocycles. The van der Waals surface area contributed by atoms with Crippen LogP contribution < -0.4 is 4.90 Å². The fraction of sp³-hybridized carbons (Fsp3) is 0.480. The molecule has 0 N–H and O–H groups in total. The predicted octanol–water partition coefficient (Wildman–Crippen LogP) is 3.50. The van der Waals surface area contributed by atoms with Gasteiger partial charge in [0.25, 0.3) is 0 Å². The molecule has 8 rings (SSSR count). The first-order chi connectivity index (χ1) is 15.9. The van der Waals surface area contributed by atoms with E-state index in [1.165, 1.54) is 0 Å². The third-order valence-corrected chi connectivity index (χ3v) is 8.66. The normalized spacial score (nSPS) is 34.6. The molecule has 3 aromatic rings. The lowest BCUT2D eigenvalue weighted by Gasteiger charge is -2.66. The summed E-state index contributed by atoms with van der Waals surface area (Å²) in [5.41, 5.74) is 2.61. The Morgan fingerprint density at radius 1 is 1.09 bits per heavy atom. The van der Waals surface area contributed by atoms with Gasteiger partial charge in [0.05, 0.1) is 40.5 Å². The molecule has 1 aliphatic heterocycles. The minimum absolute atomic E-state index is 0.00637. The minimum atomic E-state index is -0.902. The molecule has 2 bridgehead atoms. The van der Waals surface area contributed by atoms with Crippen molar-refractivity contribution in [2.75, 3.05) is 11.4 Å². The molecule has 2 atom stereocenters. The summed E-state index contributed by atoms with van der Waals surface area (Å²) in [6.45, 7) is 2.57. The van der Waals surface area contributed by atoms with Gasteiger partial charge in [0.1, 0.15) is 5.41 Å². The van der Waals surface area contributed by atoms with E-state index in [1.807, 2.05) is 36.1 Å². The molecular weight excluding hydrogens is 414 g/mol. The van der Waals surface area contributed by atoms with Crippen LogP contribution in [-0.2, 0) is 10.3 Å². The Bertz CT molecular complexity index is 1410. The molecular formula is C25H23N7O. The zero-order valence-corrected chi connectivity index (χ0v) is 18.4. The zero-order chi connectivity index (χ0) is 22.6. The van der Waals surface area contributed by atoms with Gasteiger partial charge in [-0.25, -0.2) is 4.52 Å². The second kappa shape index (κ2) is 5.82. The number of aromatic nitrogens is 4. The van der Waals surface area contributed by atoms with Crippen molar-refractivity contribution in [3.05, 3.63) is 36.9 Å². The van der Waals surface area contributed by atoms with E-state index in [0.29, 0.717) is 6.54 Å². The van der Waals surface area contributed by atoms with E-state index in [4.69, 9.17) is 0 Å². The molecule has 1 saturated heterocycles. The maximum absolute atomic E-state index is 13.5. The number of fused-ring (bicyclic) bond motifs is 1. The first kappa shape index (κ1) is 18.9. The number of carbonyl (C=O) groups is 1. The number of nitriles is 2. The van der Waals surface area contributed by atoms with Crippen molar-refractivity contribution in [3.8, 4) is 23.3 Å². The van der Waals surface area contributed by atoms with Crippen molar-refractivity contribution in [2.45, 2.75) is 44.6 Å². The fourth-order valence-corrected chi connectivity index (χ4v) is 6.72. The maximum Gasteiger partial charge on any atom is 0.248 e. The third kappa shape index (κ3) is 2.21. The van der Waals surface area contributed by atoms with E-state index >= 15 is 0 Å². The molecule has 4 saturated carbocycles. The van der Waals surface area contributed by atoms with Gasteiger partial charge in [0.2, 0.25) is 5.91 Å². The van der Waals surface area contributed by atoms with Crippen LogP contribution >= 0.6 is 0 Å². The summed E-state index contributed by atoms with van der Waals surface area (Å²) in [7, 11) is 0. The van der Waals surface area contributed by atoms with Crippen LogP contribution in [0.5, 0.6) is 0 Å². The SMILES string of the molecule is C[C@@H]1CN(c2ccnn3cc(-c4cnn(C56CC(C#N)(C5)C6)c4)cc23)C(=O)[C@]1(C#N)C1CC1. The number of amides is 1. The Morgan fingerprint density at radius 3 is 2.58 bits per heavy atom. The number of nitrogens with zero attached hydrogens (tertiary/aromatic N) is 7. The van der Waals surface area contributed by atoms with Crippen molar-refractivity contribution in [3.63, 3.8) is 0 Å². The molecule has 0 spiro atoms. The van der Waals surface area contributed by atoms with Crippen LogP contribution in [0.1, 0.15) is 39.0 Å². The van der Waals surface area contributed by atoms with E-state index in [2.05, 4.69) is 28.5 Å². The molecule has 8 nitrogen and oxygen atoms in total. The number of carbonyl (C=O) groups excluding carboxylic acids is 1. The summed E-state index contributed by atoms with van der Waals surface area (Å²) in [6, 6.07) is 8.78. The van der Waals surface area contributed by atoms with Crippen molar-refractivity contribution >= 4 is 17.1 Å². The summed E-state index contributed by atoms with van der Waals surface area (Å²) in [5, 5.41) is 28.4. The van der Waals surface area contributed by atoms with Crippen LogP contribution in [0.4, 0.5) is 5.69 Å². The highest BCUT2D eigenvalue weighted by atomic mass is 16.2. The molecule has 0 unspecified atom stereocenters. The predicted molar refractivity (Wildman–Crippen MR) is 119 cm³/mol. The van der Waals surface area contributed by atoms with Gasteiger partial charge in [-0.15, -0.1) is 0 Å². The van der Waals surface area contributed by atoms with Gasteiger partial charge in [0.15, 0.2) is 0 Å². The first-order valence-electron chi connectivity index (χ1n) is 11.6. The van der Waals surface area contributed by atoms with Gasteiger partial charge in [0, 0.05) is 42.2 Å². The highest BCUT2D eigenvalue weighted by Gasteiger charge is 2.70. The van der Waals surface area contributed by atoms with Crippen LogP contribution in [0.15, 0.2) is 36.9 Å². The molecule has 33 heavy (non-hydrogen) atoms. The monoisotopic (exact) mass is 437 g/mol. The summed E-state index contributed by atoms with van der Waals surface area (Å²) < 4.78 is 3.83. The second-order valence-corrected chi connectivity index (χ2v) is 10.7. The first-order valence-corrected chi connectivity index (χ1v) is 11.6. The lowest BCUT2D eigenvalue weighted by atomic mass is 9.40. The van der Waals surface area contributed by atoms with Gasteiger partial charge >= 0.3 is 0 Å². The summed E-state index contributed by atoms with van der Waals surface area (Å²) in [5.74, 6) is 0.102. The second-order valence-electron chi connectivity index (χ2n) is 10.7. The highest BCUT2D eigenvalue weighted by Crippen LogP contribution is 2.71. The van der Waals surface area contributed by atoms with E-state index in [1.54, 1.807) is 15.6 Å². The molecule has 3 aromatic heterocycles. The quantitative estimate of drug-likeness (QED) is 0.621. The van der Waals surface area contributed by atoms with Gasteiger partial charge in [-0.3, -0.25) is 9.48 Å². The average molecular weight is 438 g/mol. The molecule has 5 aliphatic rings.